The molecule has 1 saturated heterocycles. The van der Waals surface area contributed by atoms with Gasteiger partial charge in [-0.05, 0) is 24.3 Å². The topological polar surface area (TPSA) is 106 Å². The summed E-state index contributed by atoms with van der Waals surface area (Å²) in [7, 11) is 0. The Balaban J connectivity index is 1.41. The van der Waals surface area contributed by atoms with E-state index in [-0.39, 0.29) is 35.6 Å². The number of aromatic nitrogens is 1. The number of imide groups is 1. The fourth-order valence-corrected chi connectivity index (χ4v) is 4.84. The molecule has 0 aliphatic carbocycles. The fourth-order valence-electron chi connectivity index (χ4n) is 3.09. The van der Waals surface area contributed by atoms with Gasteiger partial charge in [-0.3, -0.25) is 19.3 Å². The molecule has 0 radical (unpaired) electrons. The van der Waals surface area contributed by atoms with Crippen molar-refractivity contribution < 1.29 is 23.9 Å². The lowest BCUT2D eigenvalue weighted by Gasteiger charge is -2.13. The minimum absolute atomic E-state index is 0.0755. The van der Waals surface area contributed by atoms with Crippen molar-refractivity contribution in [2.24, 2.45) is 0 Å². The molecular weight excluding hydrogens is 474 g/mol. The van der Waals surface area contributed by atoms with Crippen LogP contribution in [0.15, 0.2) is 42.5 Å². The lowest BCUT2D eigenvalue weighted by molar-refractivity contribution is -0.126. The minimum Gasteiger partial charge on any atom is -0.452 e. The van der Waals surface area contributed by atoms with Gasteiger partial charge in [0.15, 0.2) is 6.61 Å². The van der Waals surface area contributed by atoms with Gasteiger partial charge in [0.25, 0.3) is 11.1 Å². The number of fused-ring (bicyclic) bond motifs is 1. The molecule has 8 nitrogen and oxygen atoms in total. The van der Waals surface area contributed by atoms with Crippen LogP contribution in [0.4, 0.5) is 4.79 Å². The van der Waals surface area contributed by atoms with Gasteiger partial charge in [0.2, 0.25) is 5.91 Å². The van der Waals surface area contributed by atoms with Crippen molar-refractivity contribution in [2.75, 3.05) is 25.4 Å². The SMILES string of the molecule is O=C(COC(=O)c1cc(-c2ccc(Cl)s2)nc2ccccc12)NCCN1C(=O)CSC1=O. The van der Waals surface area contributed by atoms with Gasteiger partial charge >= 0.3 is 5.97 Å². The number of ether oxygens (including phenoxy) is 1. The number of nitrogens with zero attached hydrogens (tertiary/aromatic N) is 2. The van der Waals surface area contributed by atoms with Gasteiger partial charge in [-0.25, -0.2) is 9.78 Å². The zero-order valence-electron chi connectivity index (χ0n) is 16.5. The van der Waals surface area contributed by atoms with Crippen molar-refractivity contribution >= 4 is 68.6 Å². The molecule has 0 saturated carbocycles. The Morgan fingerprint density at radius 1 is 1.19 bits per heavy atom. The van der Waals surface area contributed by atoms with Crippen LogP contribution in [0.5, 0.6) is 0 Å². The summed E-state index contributed by atoms with van der Waals surface area (Å²) in [5.74, 6) is -1.37. The lowest BCUT2D eigenvalue weighted by atomic mass is 10.1. The molecule has 0 atom stereocenters. The van der Waals surface area contributed by atoms with Crippen molar-refractivity contribution in [1.82, 2.24) is 15.2 Å². The van der Waals surface area contributed by atoms with Crippen molar-refractivity contribution in [3.63, 3.8) is 0 Å². The number of amides is 3. The van der Waals surface area contributed by atoms with Crippen LogP contribution in [-0.4, -0.2) is 58.4 Å². The molecule has 4 rings (SSSR count). The van der Waals surface area contributed by atoms with Crippen LogP contribution in [0, 0.1) is 0 Å². The van der Waals surface area contributed by atoms with E-state index in [4.69, 9.17) is 16.3 Å². The van der Waals surface area contributed by atoms with E-state index in [9.17, 15) is 19.2 Å². The van der Waals surface area contributed by atoms with E-state index in [1.807, 2.05) is 12.1 Å². The van der Waals surface area contributed by atoms with E-state index in [1.165, 1.54) is 11.3 Å². The summed E-state index contributed by atoms with van der Waals surface area (Å²) >= 11 is 8.30. The van der Waals surface area contributed by atoms with Crippen LogP contribution in [0.2, 0.25) is 4.34 Å². The maximum atomic E-state index is 12.8. The first kappa shape index (κ1) is 22.3. The number of thiophene rings is 1. The molecule has 32 heavy (non-hydrogen) atoms. The first-order valence-corrected chi connectivity index (χ1v) is 11.7. The molecule has 164 valence electrons. The molecular formula is C21H16ClN3O5S2. The highest BCUT2D eigenvalue weighted by Gasteiger charge is 2.29. The molecule has 3 amide bonds. The van der Waals surface area contributed by atoms with Gasteiger partial charge in [0.1, 0.15) is 0 Å². The summed E-state index contributed by atoms with van der Waals surface area (Å²) in [5, 5.41) is 2.81. The number of thioether (sulfide) groups is 1. The highest BCUT2D eigenvalue weighted by molar-refractivity contribution is 8.14. The molecule has 3 heterocycles. The highest BCUT2D eigenvalue weighted by atomic mass is 35.5. The van der Waals surface area contributed by atoms with Crippen molar-refractivity contribution in [3.05, 3.63) is 52.4 Å². The van der Waals surface area contributed by atoms with Crippen LogP contribution in [-0.2, 0) is 14.3 Å². The summed E-state index contributed by atoms with van der Waals surface area (Å²) < 4.78 is 5.81. The number of carbonyl (C=O) groups excluding carboxylic acids is 4. The molecule has 11 heteroatoms. The maximum absolute atomic E-state index is 12.8. The Hall–Kier alpha value is -2.95. The number of rotatable bonds is 7. The first-order valence-electron chi connectivity index (χ1n) is 9.49. The molecule has 0 bridgehead atoms. The third-order valence-electron chi connectivity index (χ3n) is 4.59. The molecule has 1 aliphatic rings. The van der Waals surface area contributed by atoms with E-state index >= 15 is 0 Å². The van der Waals surface area contributed by atoms with E-state index in [0.29, 0.717) is 20.9 Å². The quantitative estimate of drug-likeness (QED) is 0.505. The summed E-state index contributed by atoms with van der Waals surface area (Å²) in [4.78, 5) is 54.4. The van der Waals surface area contributed by atoms with Gasteiger partial charge in [-0.2, -0.15) is 0 Å². The number of pyridine rings is 1. The number of hydrogen-bond donors (Lipinski definition) is 1. The maximum Gasteiger partial charge on any atom is 0.339 e. The van der Waals surface area contributed by atoms with Crippen LogP contribution in [0.25, 0.3) is 21.5 Å². The molecule has 1 N–H and O–H groups in total. The van der Waals surface area contributed by atoms with E-state index in [2.05, 4.69) is 10.3 Å². The number of hydrogen-bond acceptors (Lipinski definition) is 8. The Bertz CT molecular complexity index is 1210. The van der Waals surface area contributed by atoms with Gasteiger partial charge in [-0.1, -0.05) is 41.6 Å². The predicted molar refractivity (Wildman–Crippen MR) is 123 cm³/mol. The number of esters is 1. The fraction of sp³-hybridized carbons (Fsp3) is 0.190. The third-order valence-corrected chi connectivity index (χ3v) is 6.71. The Labute approximate surface area is 195 Å². The van der Waals surface area contributed by atoms with E-state index in [0.717, 1.165) is 21.5 Å². The summed E-state index contributed by atoms with van der Waals surface area (Å²) in [6.07, 6.45) is 0. The van der Waals surface area contributed by atoms with Gasteiger partial charge in [0.05, 0.1) is 31.7 Å². The Kier molecular flexibility index (Phi) is 6.73. The number of para-hydroxylation sites is 1. The molecule has 0 unspecified atom stereocenters. The number of benzene rings is 1. The standard InChI is InChI=1S/C21H16ClN3O5S2/c22-17-6-5-16(32-17)15-9-13(12-3-1-2-4-14(12)24-15)20(28)30-10-18(26)23-7-8-25-19(27)11-31-21(25)29/h1-6,9H,7-8,10-11H2,(H,23,26). The second-order valence-electron chi connectivity index (χ2n) is 6.70. The van der Waals surface area contributed by atoms with Crippen molar-refractivity contribution in [3.8, 4) is 10.6 Å². The second kappa shape index (κ2) is 9.68. The first-order chi connectivity index (χ1) is 15.4. The normalized spacial score (nSPS) is 13.6. The summed E-state index contributed by atoms with van der Waals surface area (Å²) in [6, 6.07) is 12.3. The van der Waals surface area contributed by atoms with E-state index in [1.54, 1.807) is 30.3 Å². The zero-order chi connectivity index (χ0) is 22.7. The molecule has 3 aromatic rings. The average Bonchev–Trinajstić information content (AvgIpc) is 3.37. The monoisotopic (exact) mass is 489 g/mol. The summed E-state index contributed by atoms with van der Waals surface area (Å²) in [5.41, 5.74) is 1.48. The van der Waals surface area contributed by atoms with Crippen LogP contribution < -0.4 is 5.32 Å². The predicted octanol–water partition coefficient (Wildman–Crippen LogP) is 3.59. The van der Waals surface area contributed by atoms with Crippen LogP contribution in [0.3, 0.4) is 0 Å². The summed E-state index contributed by atoms with van der Waals surface area (Å²) in [6.45, 7) is -0.339. The largest absolute Gasteiger partial charge is 0.452 e. The highest BCUT2D eigenvalue weighted by Crippen LogP contribution is 2.32. The Morgan fingerprint density at radius 2 is 2.00 bits per heavy atom. The average molecular weight is 490 g/mol. The van der Waals surface area contributed by atoms with Gasteiger partial charge in [0, 0.05) is 18.5 Å². The van der Waals surface area contributed by atoms with Gasteiger partial charge in [-0.15, -0.1) is 11.3 Å². The number of halogens is 1. The van der Waals surface area contributed by atoms with Gasteiger partial charge < -0.3 is 10.1 Å². The minimum atomic E-state index is -0.663. The van der Waals surface area contributed by atoms with Crippen molar-refractivity contribution in [2.45, 2.75) is 0 Å². The smallest absolute Gasteiger partial charge is 0.339 e. The zero-order valence-corrected chi connectivity index (χ0v) is 18.9. The van der Waals surface area contributed by atoms with E-state index < -0.39 is 18.5 Å². The number of carbonyl (C=O) groups is 4. The molecule has 0 spiro atoms. The van der Waals surface area contributed by atoms with Crippen LogP contribution in [0.1, 0.15) is 10.4 Å². The lowest BCUT2D eigenvalue weighted by Crippen LogP contribution is -2.38. The molecule has 1 aromatic carbocycles. The van der Waals surface area contributed by atoms with Crippen molar-refractivity contribution in [1.29, 1.82) is 0 Å². The molecule has 1 aliphatic heterocycles. The third kappa shape index (κ3) is 4.93. The number of nitrogens with one attached hydrogen (secondary N) is 1. The second-order valence-corrected chi connectivity index (χ2v) is 9.34. The van der Waals surface area contributed by atoms with Crippen LogP contribution >= 0.6 is 34.7 Å². The molecule has 1 fully saturated rings. The Morgan fingerprint density at radius 3 is 2.72 bits per heavy atom. The molecule has 2 aromatic heterocycles.